The molecule has 0 amide bonds. The maximum Gasteiger partial charge on any atom is 4.00 e. The van der Waals surface area contributed by atoms with Crippen molar-refractivity contribution in [2.75, 3.05) is 0 Å². The summed E-state index contributed by atoms with van der Waals surface area (Å²) in [7, 11) is -11.8. The molecule has 0 radical (unpaired) electrons. The Bertz CT molecular complexity index is 140. The van der Waals surface area contributed by atoms with Crippen LogP contribution in [0.1, 0.15) is 0 Å². The third-order valence-corrected chi connectivity index (χ3v) is 2.70. The van der Waals surface area contributed by atoms with Crippen LogP contribution in [-0.4, -0.2) is 5.48 Å². The average Bonchev–Trinajstić information content (AvgIpc) is 1.25. The first-order valence-electron chi connectivity index (χ1n) is 1.30. The molecule has 0 saturated heterocycles. The first-order chi connectivity index (χ1) is 3.25. The average molecular weight is 408 g/mol. The van der Waals surface area contributed by atoms with E-state index >= 15 is 0 Å². The maximum atomic E-state index is 9.24. The predicted octanol–water partition coefficient (Wildman–Crippen LogP) is -4.10. The molecule has 10 heavy (non-hydrogen) atoms. The van der Waals surface area contributed by atoms with E-state index in [0.29, 0.717) is 0 Å². The van der Waals surface area contributed by atoms with Gasteiger partial charge in [0.15, 0.2) is 0 Å². The minimum absolute atomic E-state index is 0. The number of hydrogen-bond acceptors (Lipinski definition) is 6. The van der Waals surface area contributed by atoms with Gasteiger partial charge >= 0.3 is 39.9 Å². The van der Waals surface area contributed by atoms with E-state index < -0.39 is 14.6 Å². The van der Waals surface area contributed by atoms with Crippen LogP contribution in [0.25, 0.3) is 0 Å². The summed E-state index contributed by atoms with van der Waals surface area (Å²) >= 11 is 0. The SMILES string of the molecule is O.O=P([O-])([O-])P(=O)([O-])[O-].[Th+4]. The van der Waals surface area contributed by atoms with Gasteiger partial charge < -0.3 is 34.2 Å². The molecular formula is H2O7P2Th. The van der Waals surface area contributed by atoms with Gasteiger partial charge in [0.05, 0.1) is 0 Å². The summed E-state index contributed by atoms with van der Waals surface area (Å²) in [4.78, 5) is 36.9. The second-order valence-corrected chi connectivity index (χ2v) is 5.75. The van der Waals surface area contributed by atoms with Gasteiger partial charge in [0.2, 0.25) is 0 Å². The summed E-state index contributed by atoms with van der Waals surface area (Å²) in [5.41, 5.74) is 0. The van der Waals surface area contributed by atoms with Crippen LogP contribution >= 0.6 is 14.6 Å². The Morgan fingerprint density at radius 2 is 0.900 bits per heavy atom. The molecule has 0 aliphatic carbocycles. The summed E-state index contributed by atoms with van der Waals surface area (Å²) in [6.07, 6.45) is 0. The van der Waals surface area contributed by atoms with Gasteiger partial charge in [-0.3, -0.25) is 0 Å². The monoisotopic (exact) mass is 408 g/mol. The Morgan fingerprint density at radius 3 is 0.900 bits per heavy atom. The quantitative estimate of drug-likeness (QED) is 0.402. The number of hydrogen-bond donors (Lipinski definition) is 0. The van der Waals surface area contributed by atoms with E-state index in [4.69, 9.17) is 0 Å². The second-order valence-electron chi connectivity index (χ2n) is 0.937. The van der Waals surface area contributed by atoms with Crippen molar-refractivity contribution in [1.82, 2.24) is 0 Å². The molecule has 0 rings (SSSR count). The molecule has 2 N–H and O–H groups in total. The van der Waals surface area contributed by atoms with Crippen LogP contribution < -0.4 is 19.6 Å². The van der Waals surface area contributed by atoms with Crippen LogP contribution in [0.4, 0.5) is 0 Å². The van der Waals surface area contributed by atoms with Crippen molar-refractivity contribution in [2.45, 2.75) is 0 Å². The molecule has 0 fully saturated rings. The molecule has 58 valence electrons. The van der Waals surface area contributed by atoms with E-state index in [0.717, 1.165) is 0 Å². The summed E-state index contributed by atoms with van der Waals surface area (Å²) in [6.45, 7) is 0. The van der Waals surface area contributed by atoms with Gasteiger partial charge in [-0.15, -0.1) is 0 Å². The predicted molar refractivity (Wildman–Crippen MR) is 18.8 cm³/mol. The molecule has 0 aromatic heterocycles. The molecule has 7 nitrogen and oxygen atoms in total. The molecule has 0 heterocycles. The number of rotatable bonds is 1. The fraction of sp³-hybridized carbons (Fsp3) is 0. The smallest absolute Gasteiger partial charge is 0.807 e. The van der Waals surface area contributed by atoms with Gasteiger partial charge in [0.1, 0.15) is 0 Å². The van der Waals surface area contributed by atoms with Crippen molar-refractivity contribution < 1.29 is 74.1 Å². The largest absolute Gasteiger partial charge is 4.00 e. The van der Waals surface area contributed by atoms with Gasteiger partial charge in [-0.05, 0) is 14.6 Å². The molecule has 0 aliphatic heterocycles. The summed E-state index contributed by atoms with van der Waals surface area (Å²) in [5, 5.41) is 0. The molecule has 0 bridgehead atoms. The third-order valence-electron chi connectivity index (χ3n) is 0.300. The first kappa shape index (κ1) is 17.6. The molecule has 0 atom stereocenters. The summed E-state index contributed by atoms with van der Waals surface area (Å²) in [5.74, 6) is 0. The van der Waals surface area contributed by atoms with Crippen LogP contribution in [0.2, 0.25) is 0 Å². The van der Waals surface area contributed by atoms with Crippen molar-refractivity contribution >= 4 is 14.6 Å². The molecule has 0 spiro atoms. The normalized spacial score (nSPS) is 11.2. The Kier molecular flexibility index (Phi) is 9.28. The molecule has 0 aromatic rings. The van der Waals surface area contributed by atoms with E-state index in [9.17, 15) is 28.7 Å². The van der Waals surface area contributed by atoms with Gasteiger partial charge in [0, 0.05) is 0 Å². The minimum Gasteiger partial charge on any atom is -0.807 e. The van der Waals surface area contributed by atoms with Crippen molar-refractivity contribution in [3.8, 4) is 0 Å². The molecule has 10 heteroatoms. The third kappa shape index (κ3) is 6.30. The van der Waals surface area contributed by atoms with Gasteiger partial charge in [-0.25, -0.2) is 0 Å². The Balaban J connectivity index is -0.000000245. The fourth-order valence-electron chi connectivity index (χ4n) is 0. The van der Waals surface area contributed by atoms with Gasteiger partial charge in [-0.1, -0.05) is 0 Å². The molecule has 0 aromatic carbocycles. The van der Waals surface area contributed by atoms with E-state index in [-0.39, 0.29) is 45.4 Å². The second kappa shape index (κ2) is 5.27. The molecule has 0 aliphatic rings. The van der Waals surface area contributed by atoms with Crippen LogP contribution in [-0.2, 0) is 9.13 Å². The molecular weight excluding hydrogens is 406 g/mol. The molecule has 0 saturated carbocycles. The minimum atomic E-state index is -5.91. The standard InChI is InChI=1S/H4O6P2.H2O.Th/c1-7(2,3)8(4,5)6;;/h(H2,1,2,3)(H2,4,5,6);1H2;/q;;+4/p-4. The van der Waals surface area contributed by atoms with Crippen LogP contribution in [0.15, 0.2) is 0 Å². The molecule has 0 unspecified atom stereocenters. The summed E-state index contributed by atoms with van der Waals surface area (Å²) < 4.78 is 18.5. The van der Waals surface area contributed by atoms with E-state index in [2.05, 4.69) is 0 Å². The van der Waals surface area contributed by atoms with E-state index in [1.165, 1.54) is 0 Å². The van der Waals surface area contributed by atoms with Gasteiger partial charge in [0.25, 0.3) is 0 Å². The van der Waals surface area contributed by atoms with Crippen LogP contribution in [0.5, 0.6) is 0 Å². The van der Waals surface area contributed by atoms with Crippen LogP contribution in [0.3, 0.4) is 0 Å². The Labute approximate surface area is 88.0 Å². The van der Waals surface area contributed by atoms with Crippen molar-refractivity contribution in [3.63, 3.8) is 0 Å². The van der Waals surface area contributed by atoms with Crippen molar-refractivity contribution in [3.05, 3.63) is 0 Å². The van der Waals surface area contributed by atoms with Crippen LogP contribution in [0, 0.1) is 39.9 Å². The van der Waals surface area contributed by atoms with Crippen molar-refractivity contribution in [1.29, 1.82) is 0 Å². The topological polar surface area (TPSA) is 158 Å². The Hall–Kier alpha value is 1.58. The van der Waals surface area contributed by atoms with Crippen molar-refractivity contribution in [2.24, 2.45) is 0 Å². The summed E-state index contributed by atoms with van der Waals surface area (Å²) in [6, 6.07) is 0. The van der Waals surface area contributed by atoms with E-state index in [1.807, 2.05) is 0 Å². The van der Waals surface area contributed by atoms with E-state index in [1.54, 1.807) is 0 Å². The zero-order valence-electron chi connectivity index (χ0n) is 4.34. The van der Waals surface area contributed by atoms with Gasteiger partial charge in [-0.2, -0.15) is 0 Å². The first-order valence-corrected chi connectivity index (χ1v) is 5.09. The maximum absolute atomic E-state index is 9.24. The zero-order valence-corrected chi connectivity index (χ0v) is 10.2. The zero-order chi connectivity index (χ0) is 7.00. The Morgan fingerprint density at radius 1 is 0.800 bits per heavy atom. The fourth-order valence-corrected chi connectivity index (χ4v) is 0.